The largest absolute Gasteiger partial charge is 0.326 e. The maximum absolute atomic E-state index is 13.6. The molecule has 4 nitrogen and oxygen atoms in total. The molecule has 0 aliphatic rings. The third-order valence-electron chi connectivity index (χ3n) is 2.83. The molecule has 2 aromatic rings. The van der Waals surface area contributed by atoms with Crippen LogP contribution in [0.1, 0.15) is 22.8 Å². The van der Waals surface area contributed by atoms with Crippen molar-refractivity contribution >= 4 is 23.2 Å². The van der Waals surface area contributed by atoms with Gasteiger partial charge in [0.15, 0.2) is 0 Å². The van der Waals surface area contributed by atoms with Gasteiger partial charge in [0, 0.05) is 18.3 Å². The molecular weight excluding hydrogens is 271 g/mol. The van der Waals surface area contributed by atoms with Crippen molar-refractivity contribution in [3.63, 3.8) is 0 Å². The highest BCUT2D eigenvalue weighted by Crippen LogP contribution is 2.16. The second kappa shape index (κ2) is 6.17. The Hall–Kier alpha value is -2.69. The molecule has 0 saturated carbocycles. The minimum absolute atomic E-state index is 0.000868. The zero-order valence-electron chi connectivity index (χ0n) is 11.7. The van der Waals surface area contributed by atoms with E-state index in [0.717, 1.165) is 5.56 Å². The van der Waals surface area contributed by atoms with Gasteiger partial charge >= 0.3 is 0 Å². The Morgan fingerprint density at radius 2 is 1.52 bits per heavy atom. The summed E-state index contributed by atoms with van der Waals surface area (Å²) in [6.45, 7) is 3.20. The molecule has 2 aromatic carbocycles. The molecule has 0 heterocycles. The lowest BCUT2D eigenvalue weighted by molar-refractivity contribution is -0.114. The summed E-state index contributed by atoms with van der Waals surface area (Å²) < 4.78 is 13.6. The fourth-order valence-electron chi connectivity index (χ4n) is 1.85. The van der Waals surface area contributed by atoms with Gasteiger partial charge in [-0.15, -0.1) is 0 Å². The van der Waals surface area contributed by atoms with E-state index in [1.165, 1.54) is 19.1 Å². The van der Waals surface area contributed by atoms with Crippen molar-refractivity contribution in [2.45, 2.75) is 13.8 Å². The molecule has 0 atom stereocenters. The Balaban J connectivity index is 2.12. The first-order valence-corrected chi connectivity index (χ1v) is 6.41. The van der Waals surface area contributed by atoms with Crippen LogP contribution in [0.2, 0.25) is 0 Å². The van der Waals surface area contributed by atoms with Crippen LogP contribution in [0.15, 0.2) is 42.5 Å². The molecule has 2 amide bonds. The van der Waals surface area contributed by atoms with E-state index in [4.69, 9.17) is 0 Å². The normalized spacial score (nSPS) is 10.0. The number of anilines is 2. The standard InChI is InChI=1S/C16H15FN2O2/c1-10-3-8-15(17)14(9-10)16(21)19-13-6-4-12(5-7-13)18-11(2)20/h3-9H,1-2H3,(H,18,20)(H,19,21). The monoisotopic (exact) mass is 286 g/mol. The summed E-state index contributed by atoms with van der Waals surface area (Å²) in [7, 11) is 0. The van der Waals surface area contributed by atoms with Crippen LogP contribution in [0.3, 0.4) is 0 Å². The van der Waals surface area contributed by atoms with Gasteiger partial charge in [-0.05, 0) is 43.3 Å². The predicted octanol–water partition coefficient (Wildman–Crippen LogP) is 3.34. The first kappa shape index (κ1) is 14.7. The maximum Gasteiger partial charge on any atom is 0.258 e. The van der Waals surface area contributed by atoms with Crippen molar-refractivity contribution in [3.05, 3.63) is 59.4 Å². The van der Waals surface area contributed by atoms with E-state index in [1.807, 2.05) is 0 Å². The van der Waals surface area contributed by atoms with Crippen molar-refractivity contribution in [3.8, 4) is 0 Å². The number of nitrogens with one attached hydrogen (secondary N) is 2. The van der Waals surface area contributed by atoms with E-state index in [9.17, 15) is 14.0 Å². The Kier molecular flexibility index (Phi) is 4.33. The van der Waals surface area contributed by atoms with E-state index in [-0.39, 0.29) is 11.5 Å². The fourth-order valence-corrected chi connectivity index (χ4v) is 1.85. The number of benzene rings is 2. The lowest BCUT2D eigenvalue weighted by Gasteiger charge is -2.08. The van der Waals surface area contributed by atoms with Gasteiger partial charge in [-0.2, -0.15) is 0 Å². The summed E-state index contributed by atoms with van der Waals surface area (Å²) in [5.41, 5.74) is 1.96. The average molecular weight is 286 g/mol. The molecule has 0 aliphatic heterocycles. The lowest BCUT2D eigenvalue weighted by atomic mass is 10.1. The molecular formula is C16H15FN2O2. The quantitative estimate of drug-likeness (QED) is 0.909. The third-order valence-corrected chi connectivity index (χ3v) is 2.83. The first-order valence-electron chi connectivity index (χ1n) is 6.41. The summed E-state index contributed by atoms with van der Waals surface area (Å²) >= 11 is 0. The SMILES string of the molecule is CC(=O)Nc1ccc(NC(=O)c2cc(C)ccc2F)cc1. The lowest BCUT2D eigenvalue weighted by Crippen LogP contribution is -2.14. The molecule has 0 bridgehead atoms. The van der Waals surface area contributed by atoms with E-state index in [2.05, 4.69) is 10.6 Å². The molecule has 108 valence electrons. The molecule has 21 heavy (non-hydrogen) atoms. The minimum atomic E-state index is -0.562. The molecule has 0 radical (unpaired) electrons. The topological polar surface area (TPSA) is 58.2 Å². The number of hydrogen-bond acceptors (Lipinski definition) is 2. The van der Waals surface area contributed by atoms with Crippen LogP contribution in [0.5, 0.6) is 0 Å². The molecule has 0 aliphatic carbocycles. The van der Waals surface area contributed by atoms with Crippen LogP contribution >= 0.6 is 0 Å². The van der Waals surface area contributed by atoms with Crippen LogP contribution in [-0.2, 0) is 4.79 Å². The molecule has 5 heteroatoms. The van der Waals surface area contributed by atoms with Crippen molar-refractivity contribution in [1.29, 1.82) is 0 Å². The summed E-state index contributed by atoms with van der Waals surface area (Å²) in [4.78, 5) is 22.9. The Bertz CT molecular complexity index is 681. The van der Waals surface area contributed by atoms with Crippen LogP contribution in [-0.4, -0.2) is 11.8 Å². The van der Waals surface area contributed by atoms with Gasteiger partial charge in [-0.1, -0.05) is 11.6 Å². The molecule has 0 unspecified atom stereocenters. The van der Waals surface area contributed by atoms with Crippen molar-refractivity contribution in [2.75, 3.05) is 10.6 Å². The zero-order valence-corrected chi connectivity index (χ0v) is 11.7. The number of hydrogen-bond donors (Lipinski definition) is 2. The van der Waals surface area contributed by atoms with Crippen LogP contribution in [0.4, 0.5) is 15.8 Å². The van der Waals surface area contributed by atoms with Crippen LogP contribution in [0.25, 0.3) is 0 Å². The predicted molar refractivity (Wildman–Crippen MR) is 79.8 cm³/mol. The molecule has 0 saturated heterocycles. The van der Waals surface area contributed by atoms with Gasteiger partial charge in [-0.3, -0.25) is 9.59 Å². The minimum Gasteiger partial charge on any atom is -0.326 e. The molecule has 0 spiro atoms. The fraction of sp³-hybridized carbons (Fsp3) is 0.125. The van der Waals surface area contributed by atoms with Gasteiger partial charge < -0.3 is 10.6 Å². The zero-order chi connectivity index (χ0) is 15.4. The van der Waals surface area contributed by atoms with Crippen LogP contribution < -0.4 is 10.6 Å². The van der Waals surface area contributed by atoms with Gasteiger partial charge in [0.25, 0.3) is 5.91 Å². The van der Waals surface area contributed by atoms with E-state index in [0.29, 0.717) is 11.4 Å². The molecule has 0 aromatic heterocycles. The number of carbonyl (C=O) groups excluding carboxylic acids is 2. The van der Waals surface area contributed by atoms with Gasteiger partial charge in [0.1, 0.15) is 5.82 Å². The van der Waals surface area contributed by atoms with Crippen molar-refractivity contribution in [1.82, 2.24) is 0 Å². The summed E-state index contributed by atoms with van der Waals surface area (Å²) in [5.74, 6) is -1.25. The smallest absolute Gasteiger partial charge is 0.258 e. The molecule has 2 N–H and O–H groups in total. The van der Waals surface area contributed by atoms with Crippen LogP contribution in [0, 0.1) is 12.7 Å². The van der Waals surface area contributed by atoms with Gasteiger partial charge in [-0.25, -0.2) is 4.39 Å². The first-order chi connectivity index (χ1) is 9.95. The number of aryl methyl sites for hydroxylation is 1. The summed E-state index contributed by atoms with van der Waals surface area (Å²) in [6.07, 6.45) is 0. The number of rotatable bonds is 3. The summed E-state index contributed by atoms with van der Waals surface area (Å²) in [5, 5.41) is 5.24. The second-order valence-electron chi connectivity index (χ2n) is 4.70. The number of halogens is 1. The van der Waals surface area contributed by atoms with E-state index >= 15 is 0 Å². The third kappa shape index (κ3) is 3.89. The van der Waals surface area contributed by atoms with Gasteiger partial charge in [0.2, 0.25) is 5.91 Å². The molecule has 0 fully saturated rings. The molecule has 2 rings (SSSR count). The maximum atomic E-state index is 13.6. The number of amides is 2. The number of carbonyl (C=O) groups is 2. The Morgan fingerprint density at radius 3 is 2.10 bits per heavy atom. The van der Waals surface area contributed by atoms with Gasteiger partial charge in [0.05, 0.1) is 5.56 Å². The van der Waals surface area contributed by atoms with Crippen molar-refractivity contribution in [2.24, 2.45) is 0 Å². The highest BCUT2D eigenvalue weighted by Gasteiger charge is 2.12. The summed E-state index contributed by atoms with van der Waals surface area (Å²) in [6, 6.07) is 11.0. The van der Waals surface area contributed by atoms with E-state index < -0.39 is 11.7 Å². The highest BCUT2D eigenvalue weighted by molar-refractivity contribution is 6.04. The Morgan fingerprint density at radius 1 is 0.952 bits per heavy atom. The Labute approximate surface area is 122 Å². The van der Waals surface area contributed by atoms with Crippen molar-refractivity contribution < 1.29 is 14.0 Å². The highest BCUT2D eigenvalue weighted by atomic mass is 19.1. The average Bonchev–Trinajstić information content (AvgIpc) is 2.43. The van der Waals surface area contributed by atoms with E-state index in [1.54, 1.807) is 37.3 Å². The second-order valence-corrected chi connectivity index (χ2v) is 4.70.